The molecule has 0 saturated heterocycles. The van der Waals surface area contributed by atoms with Crippen LogP contribution in [0.1, 0.15) is 25.7 Å². The topological polar surface area (TPSA) is 56.4 Å². The molecule has 1 aromatic heterocycles. The van der Waals surface area contributed by atoms with Crippen LogP contribution in [0, 0.1) is 0 Å². The number of benzene rings is 1. The SMILES string of the molecule is CC(=O)N1C=CN(C(C)=O)C1c1cc2ccccc2[nH]1. The number of nitrogens with one attached hydrogen (secondary N) is 1. The van der Waals surface area contributed by atoms with Gasteiger partial charge < -0.3 is 4.98 Å². The van der Waals surface area contributed by atoms with E-state index in [-0.39, 0.29) is 11.8 Å². The molecule has 1 aliphatic rings. The van der Waals surface area contributed by atoms with Crippen LogP contribution in [-0.4, -0.2) is 26.6 Å². The molecule has 1 aliphatic heterocycles. The fraction of sp³-hybridized carbons (Fsp3) is 0.200. The van der Waals surface area contributed by atoms with E-state index < -0.39 is 6.17 Å². The van der Waals surface area contributed by atoms with Gasteiger partial charge in [0.2, 0.25) is 11.8 Å². The van der Waals surface area contributed by atoms with E-state index in [1.165, 1.54) is 13.8 Å². The van der Waals surface area contributed by atoms with Crippen LogP contribution < -0.4 is 0 Å². The number of hydrogen-bond donors (Lipinski definition) is 1. The number of para-hydroxylation sites is 1. The third-order valence-corrected chi connectivity index (χ3v) is 3.47. The molecule has 1 aromatic carbocycles. The Morgan fingerprint density at radius 2 is 1.65 bits per heavy atom. The summed E-state index contributed by atoms with van der Waals surface area (Å²) in [6.07, 6.45) is 2.84. The van der Waals surface area contributed by atoms with Gasteiger partial charge in [-0.3, -0.25) is 19.4 Å². The van der Waals surface area contributed by atoms with E-state index in [9.17, 15) is 9.59 Å². The van der Waals surface area contributed by atoms with Crippen LogP contribution >= 0.6 is 0 Å². The van der Waals surface area contributed by atoms with Gasteiger partial charge in [0.15, 0.2) is 6.17 Å². The van der Waals surface area contributed by atoms with Gasteiger partial charge in [-0.25, -0.2) is 0 Å². The van der Waals surface area contributed by atoms with E-state index in [1.54, 1.807) is 22.2 Å². The molecule has 0 spiro atoms. The minimum absolute atomic E-state index is 0.103. The van der Waals surface area contributed by atoms with Crippen LogP contribution in [0.25, 0.3) is 10.9 Å². The van der Waals surface area contributed by atoms with Crippen LogP contribution in [0.2, 0.25) is 0 Å². The Morgan fingerprint density at radius 1 is 1.05 bits per heavy atom. The van der Waals surface area contributed by atoms with Crippen molar-refractivity contribution >= 4 is 22.7 Å². The highest BCUT2D eigenvalue weighted by molar-refractivity contribution is 5.83. The first-order valence-electron chi connectivity index (χ1n) is 6.41. The average molecular weight is 269 g/mol. The molecule has 3 rings (SSSR count). The molecule has 2 aromatic rings. The van der Waals surface area contributed by atoms with E-state index in [1.807, 2.05) is 30.3 Å². The smallest absolute Gasteiger partial charge is 0.225 e. The second-order valence-corrected chi connectivity index (χ2v) is 4.84. The van der Waals surface area contributed by atoms with Crippen LogP contribution in [0.5, 0.6) is 0 Å². The molecule has 0 aliphatic carbocycles. The highest BCUT2D eigenvalue weighted by Crippen LogP contribution is 2.32. The Balaban J connectivity index is 2.08. The summed E-state index contributed by atoms with van der Waals surface area (Å²) in [6.45, 7) is 2.98. The number of nitrogens with zero attached hydrogens (tertiary/aromatic N) is 2. The molecule has 5 nitrogen and oxygen atoms in total. The molecule has 0 bridgehead atoms. The summed E-state index contributed by atoms with van der Waals surface area (Å²) in [6, 6.07) is 9.84. The summed E-state index contributed by atoms with van der Waals surface area (Å²) in [4.78, 5) is 29.8. The van der Waals surface area contributed by atoms with Gasteiger partial charge in [0, 0.05) is 31.8 Å². The minimum Gasteiger partial charge on any atom is -0.355 e. The van der Waals surface area contributed by atoms with Crippen molar-refractivity contribution in [3.63, 3.8) is 0 Å². The summed E-state index contributed by atoms with van der Waals surface area (Å²) in [7, 11) is 0. The van der Waals surface area contributed by atoms with Crippen molar-refractivity contribution in [2.45, 2.75) is 20.0 Å². The van der Waals surface area contributed by atoms with Crippen LogP contribution in [0.4, 0.5) is 0 Å². The van der Waals surface area contributed by atoms with Gasteiger partial charge in [0.1, 0.15) is 0 Å². The zero-order chi connectivity index (χ0) is 14.3. The molecular formula is C15H15N3O2. The van der Waals surface area contributed by atoms with Crippen molar-refractivity contribution in [1.29, 1.82) is 0 Å². The van der Waals surface area contributed by atoms with E-state index in [0.29, 0.717) is 0 Å². The molecule has 0 unspecified atom stereocenters. The Kier molecular flexibility index (Phi) is 2.82. The summed E-state index contributed by atoms with van der Waals surface area (Å²) in [5, 5.41) is 1.06. The zero-order valence-electron chi connectivity index (χ0n) is 11.3. The first kappa shape index (κ1) is 12.5. The molecule has 1 N–H and O–H groups in total. The van der Waals surface area contributed by atoms with E-state index in [4.69, 9.17) is 0 Å². The van der Waals surface area contributed by atoms with E-state index in [2.05, 4.69) is 4.98 Å². The predicted octanol–water partition coefficient (Wildman–Crippen LogP) is 2.35. The maximum atomic E-state index is 11.7. The van der Waals surface area contributed by atoms with Crippen molar-refractivity contribution in [3.8, 4) is 0 Å². The highest BCUT2D eigenvalue weighted by atomic mass is 16.2. The predicted molar refractivity (Wildman–Crippen MR) is 75.2 cm³/mol. The molecule has 102 valence electrons. The lowest BCUT2D eigenvalue weighted by Gasteiger charge is -2.28. The number of aromatic amines is 1. The van der Waals surface area contributed by atoms with Crippen molar-refractivity contribution in [2.75, 3.05) is 0 Å². The molecule has 5 heteroatoms. The summed E-state index contributed by atoms with van der Waals surface area (Å²) >= 11 is 0. The summed E-state index contributed by atoms with van der Waals surface area (Å²) in [5.41, 5.74) is 1.81. The van der Waals surface area contributed by atoms with Gasteiger partial charge in [0.25, 0.3) is 0 Å². The highest BCUT2D eigenvalue weighted by Gasteiger charge is 2.33. The second-order valence-electron chi connectivity index (χ2n) is 4.84. The largest absolute Gasteiger partial charge is 0.355 e. The Morgan fingerprint density at radius 3 is 2.20 bits per heavy atom. The molecule has 0 atom stereocenters. The number of amides is 2. The molecule has 2 heterocycles. The standard InChI is InChI=1S/C15H15N3O2/c1-10(19)17-7-8-18(11(2)20)15(17)14-9-12-5-3-4-6-13(12)16-14/h3-9,15-16H,1-2H3. The number of hydrogen-bond acceptors (Lipinski definition) is 2. The average Bonchev–Trinajstić information content (AvgIpc) is 3.01. The maximum absolute atomic E-state index is 11.7. The lowest BCUT2D eigenvalue weighted by Crippen LogP contribution is -2.35. The maximum Gasteiger partial charge on any atom is 0.225 e. The summed E-state index contributed by atoms with van der Waals surface area (Å²) in [5.74, 6) is -0.206. The third kappa shape index (κ3) is 1.87. The Labute approximate surface area is 116 Å². The van der Waals surface area contributed by atoms with Crippen molar-refractivity contribution in [3.05, 3.63) is 48.4 Å². The van der Waals surface area contributed by atoms with Crippen LogP contribution in [0.15, 0.2) is 42.7 Å². The van der Waals surface area contributed by atoms with Crippen molar-refractivity contribution in [1.82, 2.24) is 14.8 Å². The number of carbonyl (C=O) groups excluding carboxylic acids is 2. The van der Waals surface area contributed by atoms with Gasteiger partial charge in [0.05, 0.1) is 5.69 Å². The first-order chi connectivity index (χ1) is 9.58. The fourth-order valence-electron chi connectivity index (χ4n) is 2.53. The molecule has 0 radical (unpaired) electrons. The van der Waals surface area contributed by atoms with Gasteiger partial charge in [-0.05, 0) is 17.5 Å². The van der Waals surface area contributed by atoms with Gasteiger partial charge in [-0.1, -0.05) is 18.2 Å². The first-order valence-corrected chi connectivity index (χ1v) is 6.41. The van der Waals surface area contributed by atoms with Crippen LogP contribution in [0.3, 0.4) is 0 Å². The fourth-order valence-corrected chi connectivity index (χ4v) is 2.53. The Hall–Kier alpha value is -2.56. The lowest BCUT2D eigenvalue weighted by molar-refractivity contribution is -0.135. The summed E-state index contributed by atoms with van der Waals surface area (Å²) < 4.78 is 0. The minimum atomic E-state index is -0.433. The van der Waals surface area contributed by atoms with Gasteiger partial charge in [-0.2, -0.15) is 0 Å². The second kappa shape index (κ2) is 4.52. The molecule has 0 saturated carbocycles. The number of H-pyrrole nitrogens is 1. The van der Waals surface area contributed by atoms with Crippen molar-refractivity contribution < 1.29 is 9.59 Å². The molecular weight excluding hydrogens is 254 g/mol. The normalized spacial score (nSPS) is 15.3. The number of carbonyl (C=O) groups is 2. The Bertz CT molecular complexity index is 660. The third-order valence-electron chi connectivity index (χ3n) is 3.47. The zero-order valence-corrected chi connectivity index (χ0v) is 11.3. The van der Waals surface area contributed by atoms with E-state index >= 15 is 0 Å². The molecule has 20 heavy (non-hydrogen) atoms. The number of rotatable bonds is 1. The molecule has 2 amide bonds. The van der Waals surface area contributed by atoms with Gasteiger partial charge >= 0.3 is 0 Å². The molecule has 0 fully saturated rings. The van der Waals surface area contributed by atoms with Crippen LogP contribution in [-0.2, 0) is 9.59 Å². The lowest BCUT2D eigenvalue weighted by atomic mass is 10.2. The number of fused-ring (bicyclic) bond motifs is 1. The van der Waals surface area contributed by atoms with E-state index in [0.717, 1.165) is 16.6 Å². The van der Waals surface area contributed by atoms with Gasteiger partial charge in [-0.15, -0.1) is 0 Å². The number of aromatic nitrogens is 1. The monoisotopic (exact) mass is 269 g/mol. The van der Waals surface area contributed by atoms with Crippen molar-refractivity contribution in [2.24, 2.45) is 0 Å². The quantitative estimate of drug-likeness (QED) is 0.864.